The third-order valence-electron chi connectivity index (χ3n) is 2.64. The van der Waals surface area contributed by atoms with E-state index in [1.807, 2.05) is 13.8 Å². The molecule has 0 bridgehead atoms. The maximum atomic E-state index is 11.7. The Morgan fingerprint density at radius 2 is 1.83 bits per heavy atom. The number of allylic oxidation sites excluding steroid dienone is 2. The molecule has 1 rings (SSSR count). The standard InChI is InChI=1S/C15H18O3/c1-11(2)8-14(17)9-15(3,18)13-6-4-12(10-16)5-7-13/h4-8,10,18H,9H2,1-3H3. The van der Waals surface area contributed by atoms with Crippen molar-refractivity contribution < 1.29 is 14.7 Å². The number of rotatable bonds is 5. The fourth-order valence-electron chi connectivity index (χ4n) is 1.74. The van der Waals surface area contributed by atoms with Crippen molar-refractivity contribution in [1.29, 1.82) is 0 Å². The molecule has 0 aliphatic rings. The fraction of sp³-hybridized carbons (Fsp3) is 0.333. The first kappa shape index (κ1) is 14.3. The Hall–Kier alpha value is -1.74. The van der Waals surface area contributed by atoms with Crippen LogP contribution in [0.15, 0.2) is 35.9 Å². The lowest BCUT2D eigenvalue weighted by Crippen LogP contribution is -2.24. The van der Waals surface area contributed by atoms with Gasteiger partial charge in [0.05, 0.1) is 5.60 Å². The monoisotopic (exact) mass is 246 g/mol. The van der Waals surface area contributed by atoms with E-state index in [1.165, 1.54) is 6.08 Å². The van der Waals surface area contributed by atoms with Crippen molar-refractivity contribution >= 4 is 12.1 Å². The Kier molecular flexibility index (Phi) is 4.56. The summed E-state index contributed by atoms with van der Waals surface area (Å²) in [6.45, 7) is 5.27. The van der Waals surface area contributed by atoms with Gasteiger partial charge in [-0.1, -0.05) is 29.8 Å². The molecular weight excluding hydrogens is 228 g/mol. The summed E-state index contributed by atoms with van der Waals surface area (Å²) in [7, 11) is 0. The van der Waals surface area contributed by atoms with Gasteiger partial charge in [-0.05, 0) is 32.4 Å². The summed E-state index contributed by atoms with van der Waals surface area (Å²) in [5.74, 6) is -0.112. The highest BCUT2D eigenvalue weighted by Crippen LogP contribution is 2.25. The lowest BCUT2D eigenvalue weighted by molar-refractivity contribution is -0.119. The number of benzene rings is 1. The fourth-order valence-corrected chi connectivity index (χ4v) is 1.74. The predicted octanol–water partition coefficient (Wildman–Crippen LogP) is 2.63. The highest BCUT2D eigenvalue weighted by molar-refractivity contribution is 5.91. The van der Waals surface area contributed by atoms with Gasteiger partial charge in [0.15, 0.2) is 5.78 Å². The molecule has 0 radical (unpaired) electrons. The van der Waals surface area contributed by atoms with Crippen LogP contribution < -0.4 is 0 Å². The number of carbonyl (C=O) groups is 2. The summed E-state index contributed by atoms with van der Waals surface area (Å²) in [6.07, 6.45) is 2.29. The number of aliphatic hydroxyl groups is 1. The summed E-state index contributed by atoms with van der Waals surface area (Å²) in [6, 6.07) is 6.59. The van der Waals surface area contributed by atoms with Crippen LogP contribution in [0, 0.1) is 0 Å². The van der Waals surface area contributed by atoms with Gasteiger partial charge in [0.2, 0.25) is 0 Å². The molecule has 3 nitrogen and oxygen atoms in total. The van der Waals surface area contributed by atoms with Gasteiger partial charge in [-0.2, -0.15) is 0 Å². The molecule has 1 N–H and O–H groups in total. The minimum absolute atomic E-state index is 0.0264. The van der Waals surface area contributed by atoms with E-state index in [1.54, 1.807) is 31.2 Å². The second-order valence-corrected chi connectivity index (χ2v) is 4.88. The van der Waals surface area contributed by atoms with Crippen molar-refractivity contribution in [2.24, 2.45) is 0 Å². The van der Waals surface area contributed by atoms with Crippen LogP contribution >= 0.6 is 0 Å². The summed E-state index contributed by atoms with van der Waals surface area (Å²) in [5.41, 5.74) is 0.866. The van der Waals surface area contributed by atoms with Gasteiger partial charge in [0.1, 0.15) is 6.29 Å². The van der Waals surface area contributed by atoms with Crippen molar-refractivity contribution in [2.45, 2.75) is 32.8 Å². The van der Waals surface area contributed by atoms with Crippen molar-refractivity contribution in [3.63, 3.8) is 0 Å². The van der Waals surface area contributed by atoms with E-state index in [9.17, 15) is 14.7 Å². The van der Waals surface area contributed by atoms with E-state index in [0.29, 0.717) is 11.1 Å². The lowest BCUT2D eigenvalue weighted by atomic mass is 9.90. The molecule has 96 valence electrons. The van der Waals surface area contributed by atoms with Crippen molar-refractivity contribution in [2.75, 3.05) is 0 Å². The number of ketones is 1. The molecule has 18 heavy (non-hydrogen) atoms. The van der Waals surface area contributed by atoms with Gasteiger partial charge in [0, 0.05) is 12.0 Å². The molecule has 1 aromatic rings. The first-order chi connectivity index (χ1) is 8.35. The molecular formula is C15H18O3. The topological polar surface area (TPSA) is 54.4 Å². The van der Waals surface area contributed by atoms with Crippen LogP contribution in [0.1, 0.15) is 43.1 Å². The molecule has 3 heteroatoms. The van der Waals surface area contributed by atoms with Gasteiger partial charge < -0.3 is 5.11 Å². The van der Waals surface area contributed by atoms with Crippen LogP contribution in [0.3, 0.4) is 0 Å². The van der Waals surface area contributed by atoms with E-state index in [2.05, 4.69) is 0 Å². The van der Waals surface area contributed by atoms with Gasteiger partial charge in [-0.3, -0.25) is 9.59 Å². The molecule has 0 amide bonds. The minimum Gasteiger partial charge on any atom is -0.385 e. The maximum absolute atomic E-state index is 11.7. The van der Waals surface area contributed by atoms with Crippen LogP contribution in [0.5, 0.6) is 0 Å². The van der Waals surface area contributed by atoms with Crippen LogP contribution in [-0.4, -0.2) is 17.2 Å². The molecule has 0 heterocycles. The maximum Gasteiger partial charge on any atom is 0.158 e. The SMILES string of the molecule is CC(C)=CC(=O)CC(C)(O)c1ccc(C=O)cc1. The summed E-state index contributed by atoms with van der Waals surface area (Å²) in [5, 5.41) is 10.3. The Morgan fingerprint density at radius 1 is 1.28 bits per heavy atom. The van der Waals surface area contributed by atoms with Crippen LogP contribution in [-0.2, 0) is 10.4 Å². The predicted molar refractivity (Wildman–Crippen MR) is 70.5 cm³/mol. The average molecular weight is 246 g/mol. The van der Waals surface area contributed by atoms with Crippen LogP contribution in [0.2, 0.25) is 0 Å². The molecule has 0 spiro atoms. The second kappa shape index (κ2) is 5.74. The zero-order chi connectivity index (χ0) is 13.8. The third-order valence-corrected chi connectivity index (χ3v) is 2.64. The molecule has 1 aromatic carbocycles. The molecule has 0 fully saturated rings. The highest BCUT2D eigenvalue weighted by Gasteiger charge is 2.25. The van der Waals surface area contributed by atoms with E-state index in [-0.39, 0.29) is 12.2 Å². The number of hydrogen-bond donors (Lipinski definition) is 1. The largest absolute Gasteiger partial charge is 0.385 e. The first-order valence-electron chi connectivity index (χ1n) is 5.81. The van der Waals surface area contributed by atoms with Crippen LogP contribution in [0.25, 0.3) is 0 Å². The number of aldehydes is 1. The quantitative estimate of drug-likeness (QED) is 0.642. The number of carbonyl (C=O) groups excluding carboxylic acids is 2. The molecule has 0 aliphatic heterocycles. The molecule has 1 atom stereocenters. The number of hydrogen-bond acceptors (Lipinski definition) is 3. The van der Waals surface area contributed by atoms with E-state index < -0.39 is 5.60 Å². The summed E-state index contributed by atoms with van der Waals surface area (Å²) < 4.78 is 0. The van der Waals surface area contributed by atoms with Gasteiger partial charge in [-0.25, -0.2) is 0 Å². The Morgan fingerprint density at radius 3 is 2.28 bits per heavy atom. The second-order valence-electron chi connectivity index (χ2n) is 4.88. The molecule has 0 saturated carbocycles. The smallest absolute Gasteiger partial charge is 0.158 e. The van der Waals surface area contributed by atoms with Gasteiger partial charge in [-0.15, -0.1) is 0 Å². The summed E-state index contributed by atoms with van der Waals surface area (Å²) in [4.78, 5) is 22.2. The minimum atomic E-state index is -1.22. The van der Waals surface area contributed by atoms with Crippen molar-refractivity contribution in [3.05, 3.63) is 47.0 Å². The molecule has 0 aliphatic carbocycles. The van der Waals surface area contributed by atoms with Crippen LogP contribution in [0.4, 0.5) is 0 Å². The molecule has 1 unspecified atom stereocenters. The molecule has 0 aromatic heterocycles. The highest BCUT2D eigenvalue weighted by atomic mass is 16.3. The molecule has 0 saturated heterocycles. The lowest BCUT2D eigenvalue weighted by Gasteiger charge is -2.22. The van der Waals surface area contributed by atoms with Gasteiger partial charge in [0.25, 0.3) is 0 Å². The van der Waals surface area contributed by atoms with Gasteiger partial charge >= 0.3 is 0 Å². The average Bonchev–Trinajstić information content (AvgIpc) is 2.27. The Bertz CT molecular complexity index is 463. The van der Waals surface area contributed by atoms with E-state index in [4.69, 9.17) is 0 Å². The van der Waals surface area contributed by atoms with E-state index in [0.717, 1.165) is 11.9 Å². The summed E-state index contributed by atoms with van der Waals surface area (Å²) >= 11 is 0. The van der Waals surface area contributed by atoms with Crippen molar-refractivity contribution in [3.8, 4) is 0 Å². The first-order valence-corrected chi connectivity index (χ1v) is 5.81. The normalized spacial score (nSPS) is 13.6. The Labute approximate surface area is 107 Å². The zero-order valence-corrected chi connectivity index (χ0v) is 10.9. The third kappa shape index (κ3) is 3.93. The van der Waals surface area contributed by atoms with Crippen molar-refractivity contribution in [1.82, 2.24) is 0 Å². The zero-order valence-electron chi connectivity index (χ0n) is 10.9. The van der Waals surface area contributed by atoms with E-state index >= 15 is 0 Å². The Balaban J connectivity index is 2.88.